The molecule has 1 atom stereocenters. The Morgan fingerprint density at radius 2 is 2.00 bits per heavy atom. The first-order chi connectivity index (χ1) is 6.59. The third-order valence-electron chi connectivity index (χ3n) is 1.53. The average molecular weight is 233 g/mol. The van der Waals surface area contributed by atoms with Crippen LogP contribution in [-0.4, -0.2) is 21.6 Å². The fourth-order valence-corrected chi connectivity index (χ4v) is 1.64. The Kier molecular flexibility index (Phi) is 4.25. The van der Waals surface area contributed by atoms with E-state index in [9.17, 15) is 4.79 Å². The molecule has 5 heteroatoms. The van der Waals surface area contributed by atoms with E-state index < -0.39 is 11.4 Å². The van der Waals surface area contributed by atoms with Crippen LogP contribution in [0.25, 0.3) is 0 Å². The number of benzene rings is 1. The minimum absolute atomic E-state index is 0.449. The molecule has 0 spiro atoms. The Morgan fingerprint density at radius 3 is 2.50 bits per heavy atom. The largest absolute Gasteiger partial charge is 0.479 e. The van der Waals surface area contributed by atoms with E-state index in [4.69, 9.17) is 21.8 Å². The molecule has 0 fully saturated rings. The number of hydrogen-bond acceptors (Lipinski definition) is 3. The molecule has 1 unspecified atom stereocenters. The van der Waals surface area contributed by atoms with Gasteiger partial charge in [0.1, 0.15) is 0 Å². The summed E-state index contributed by atoms with van der Waals surface area (Å²) in [5, 5.41) is 18.0. The normalized spacial score (nSPS) is 12.4. The van der Waals surface area contributed by atoms with Crippen LogP contribution in [0, 0.1) is 0 Å². The number of aliphatic hydroxyl groups is 1. The highest BCUT2D eigenvalue weighted by Crippen LogP contribution is 2.18. The van der Waals surface area contributed by atoms with E-state index >= 15 is 0 Å². The summed E-state index contributed by atoms with van der Waals surface area (Å²) in [6.07, 6.45) is 0. The molecule has 0 radical (unpaired) electrons. The smallest absolute Gasteiger partial charge is 0.343 e. The van der Waals surface area contributed by atoms with Crippen molar-refractivity contribution in [1.82, 2.24) is 0 Å². The second-order valence-corrected chi connectivity index (χ2v) is 4.13. The van der Waals surface area contributed by atoms with Crippen LogP contribution in [0.3, 0.4) is 0 Å². The van der Waals surface area contributed by atoms with Crippen molar-refractivity contribution in [3.8, 4) is 0 Å². The fourth-order valence-electron chi connectivity index (χ4n) is 0.827. The first kappa shape index (κ1) is 11.4. The molecule has 14 heavy (non-hydrogen) atoms. The molecule has 0 saturated carbocycles. The van der Waals surface area contributed by atoms with Gasteiger partial charge in [-0.25, -0.2) is 4.79 Å². The zero-order valence-electron chi connectivity index (χ0n) is 7.18. The Labute approximate surface area is 90.7 Å². The lowest BCUT2D eigenvalue weighted by atomic mass is 10.2. The number of aliphatic carboxylic acids is 1. The van der Waals surface area contributed by atoms with Gasteiger partial charge < -0.3 is 10.2 Å². The molecule has 0 aliphatic carbocycles. The lowest BCUT2D eigenvalue weighted by molar-refractivity contribution is -0.141. The Balaban J connectivity index is 2.46. The predicted octanol–water partition coefficient (Wildman–Crippen LogP) is 1.98. The first-order valence-corrected chi connectivity index (χ1v) is 5.29. The number of halogens is 1. The summed E-state index contributed by atoms with van der Waals surface area (Å²) in [7, 11) is 0. The van der Waals surface area contributed by atoms with Gasteiger partial charge in [-0.2, -0.15) is 0 Å². The molecule has 0 heterocycles. The van der Waals surface area contributed by atoms with Gasteiger partial charge in [0.05, 0.1) is 0 Å². The van der Waals surface area contributed by atoms with E-state index in [1.54, 1.807) is 24.3 Å². The molecule has 0 aliphatic rings. The molecular weight excluding hydrogens is 224 g/mol. The van der Waals surface area contributed by atoms with Crippen LogP contribution < -0.4 is 0 Å². The molecule has 0 bridgehead atoms. The highest BCUT2D eigenvalue weighted by Gasteiger charge is 2.12. The minimum atomic E-state index is -1.37. The molecule has 0 aromatic heterocycles. The number of carboxylic acid groups (broad SMARTS) is 1. The molecule has 3 nitrogen and oxygen atoms in total. The van der Waals surface area contributed by atoms with Gasteiger partial charge >= 0.3 is 5.97 Å². The topological polar surface area (TPSA) is 57.5 Å². The van der Waals surface area contributed by atoms with Gasteiger partial charge in [0.2, 0.25) is 0 Å². The highest BCUT2D eigenvalue weighted by molar-refractivity contribution is 7.99. The molecule has 1 rings (SSSR count). The molecule has 2 N–H and O–H groups in total. The van der Waals surface area contributed by atoms with E-state index in [0.717, 1.165) is 17.3 Å². The molecule has 1 aromatic carbocycles. The second kappa shape index (κ2) is 5.24. The molecule has 76 valence electrons. The van der Waals surface area contributed by atoms with Crippen molar-refractivity contribution < 1.29 is 15.0 Å². The second-order valence-electron chi connectivity index (χ2n) is 2.63. The van der Waals surface area contributed by atoms with Crippen LogP contribution in [0.1, 0.15) is 5.56 Å². The maximum Gasteiger partial charge on any atom is 0.343 e. The zero-order chi connectivity index (χ0) is 10.6. The average Bonchev–Trinajstić information content (AvgIpc) is 2.16. The third kappa shape index (κ3) is 3.57. The number of rotatable bonds is 4. The van der Waals surface area contributed by atoms with Crippen LogP contribution in [0.15, 0.2) is 24.3 Å². The Morgan fingerprint density at radius 1 is 1.43 bits per heavy atom. The molecule has 1 aromatic rings. The number of thioether (sulfide) groups is 1. The van der Waals surface area contributed by atoms with Crippen LogP contribution in [-0.2, 0) is 10.5 Å². The van der Waals surface area contributed by atoms with Crippen molar-refractivity contribution in [2.75, 3.05) is 0 Å². The van der Waals surface area contributed by atoms with E-state index in [1.807, 2.05) is 0 Å². The third-order valence-corrected chi connectivity index (χ3v) is 2.80. The summed E-state index contributed by atoms with van der Waals surface area (Å²) in [5.74, 6) is -0.770. The van der Waals surface area contributed by atoms with Crippen molar-refractivity contribution >= 4 is 29.3 Å². The highest BCUT2D eigenvalue weighted by atomic mass is 35.5. The van der Waals surface area contributed by atoms with E-state index in [-0.39, 0.29) is 0 Å². The molecular formula is C9H9ClO3S. The van der Waals surface area contributed by atoms with Crippen LogP contribution in [0.2, 0.25) is 5.02 Å². The van der Waals surface area contributed by atoms with Crippen molar-refractivity contribution in [2.45, 2.75) is 11.2 Å². The van der Waals surface area contributed by atoms with Gasteiger partial charge in [0, 0.05) is 10.8 Å². The summed E-state index contributed by atoms with van der Waals surface area (Å²) in [4.78, 5) is 10.3. The Bertz CT molecular complexity index is 312. The Hall–Kier alpha value is -0.710. The van der Waals surface area contributed by atoms with Crippen molar-refractivity contribution in [3.63, 3.8) is 0 Å². The lowest BCUT2D eigenvalue weighted by Crippen LogP contribution is -2.14. The van der Waals surface area contributed by atoms with Gasteiger partial charge in [0.25, 0.3) is 0 Å². The van der Waals surface area contributed by atoms with E-state index in [0.29, 0.717) is 10.8 Å². The monoisotopic (exact) mass is 232 g/mol. The summed E-state index contributed by atoms with van der Waals surface area (Å²) in [6, 6.07) is 7.04. The van der Waals surface area contributed by atoms with Crippen LogP contribution >= 0.6 is 23.4 Å². The maximum atomic E-state index is 10.3. The van der Waals surface area contributed by atoms with Gasteiger partial charge in [-0.15, -0.1) is 11.8 Å². The summed E-state index contributed by atoms with van der Waals surface area (Å²) < 4.78 is 0. The van der Waals surface area contributed by atoms with Gasteiger partial charge in [0.15, 0.2) is 5.44 Å². The van der Waals surface area contributed by atoms with Crippen LogP contribution in [0.4, 0.5) is 0 Å². The number of hydrogen-bond donors (Lipinski definition) is 2. The van der Waals surface area contributed by atoms with Gasteiger partial charge in [-0.3, -0.25) is 0 Å². The minimum Gasteiger partial charge on any atom is -0.479 e. The van der Waals surface area contributed by atoms with Crippen molar-refractivity contribution in [2.24, 2.45) is 0 Å². The van der Waals surface area contributed by atoms with Gasteiger partial charge in [-0.1, -0.05) is 23.7 Å². The number of carboxylic acids is 1. The fraction of sp³-hybridized carbons (Fsp3) is 0.222. The zero-order valence-corrected chi connectivity index (χ0v) is 8.76. The maximum absolute atomic E-state index is 10.3. The van der Waals surface area contributed by atoms with E-state index in [2.05, 4.69) is 0 Å². The van der Waals surface area contributed by atoms with Crippen molar-refractivity contribution in [3.05, 3.63) is 34.9 Å². The molecule has 0 amide bonds. The van der Waals surface area contributed by atoms with Crippen LogP contribution in [0.5, 0.6) is 0 Å². The summed E-state index contributed by atoms with van der Waals surface area (Å²) in [6.45, 7) is 0. The molecule has 0 saturated heterocycles. The quantitative estimate of drug-likeness (QED) is 0.780. The summed E-state index contributed by atoms with van der Waals surface area (Å²) >= 11 is 6.63. The lowest BCUT2D eigenvalue weighted by Gasteiger charge is -2.04. The first-order valence-electron chi connectivity index (χ1n) is 3.86. The number of carbonyl (C=O) groups is 1. The van der Waals surface area contributed by atoms with Gasteiger partial charge in [-0.05, 0) is 17.7 Å². The SMILES string of the molecule is O=C(O)C(O)SCc1ccc(Cl)cc1. The molecule has 0 aliphatic heterocycles. The number of aliphatic hydroxyl groups excluding tert-OH is 1. The predicted molar refractivity (Wildman–Crippen MR) is 56.4 cm³/mol. The summed E-state index contributed by atoms with van der Waals surface area (Å²) in [5.41, 5.74) is -0.439. The standard InChI is InChI=1S/C9H9ClO3S/c10-7-3-1-6(2-4-7)5-14-9(13)8(11)12/h1-4,9,13H,5H2,(H,11,12). The van der Waals surface area contributed by atoms with E-state index in [1.165, 1.54) is 0 Å². The van der Waals surface area contributed by atoms with Crippen molar-refractivity contribution in [1.29, 1.82) is 0 Å².